The van der Waals surface area contributed by atoms with Crippen LogP contribution in [0.4, 0.5) is 0 Å². The first kappa shape index (κ1) is 18.1. The van der Waals surface area contributed by atoms with E-state index in [4.69, 9.17) is 0 Å². The largest absolute Gasteiger partial charge is 0.336 e. The van der Waals surface area contributed by atoms with Crippen molar-refractivity contribution in [2.75, 3.05) is 32.7 Å². The van der Waals surface area contributed by atoms with Crippen LogP contribution in [0.1, 0.15) is 15.9 Å². The minimum absolute atomic E-state index is 0.0782. The molecule has 142 valence electrons. The molecule has 0 bridgehead atoms. The standard InChI is InChI=1S/C22H23N5O/c28-22(20-9-4-10-21(16-20)27-17-23-24-18-27)26-14-12-25(13-15-26)11-5-8-19-6-2-1-3-7-19/h1-10,16-18H,11-15H2/b8-5+. The van der Waals surface area contributed by atoms with Gasteiger partial charge in [-0.05, 0) is 23.8 Å². The summed E-state index contributed by atoms with van der Waals surface area (Å²) in [5.41, 5.74) is 2.80. The summed E-state index contributed by atoms with van der Waals surface area (Å²) in [7, 11) is 0. The van der Waals surface area contributed by atoms with Crippen LogP contribution in [0, 0.1) is 0 Å². The fourth-order valence-electron chi connectivity index (χ4n) is 3.35. The van der Waals surface area contributed by atoms with Crippen molar-refractivity contribution in [1.29, 1.82) is 0 Å². The zero-order valence-electron chi connectivity index (χ0n) is 15.7. The smallest absolute Gasteiger partial charge is 0.254 e. The van der Waals surface area contributed by atoms with Crippen molar-refractivity contribution in [1.82, 2.24) is 24.6 Å². The third-order valence-corrected chi connectivity index (χ3v) is 4.94. The molecule has 1 fully saturated rings. The number of amides is 1. The first-order valence-corrected chi connectivity index (χ1v) is 9.48. The van der Waals surface area contributed by atoms with Gasteiger partial charge in [-0.15, -0.1) is 10.2 Å². The number of aromatic nitrogens is 3. The van der Waals surface area contributed by atoms with Gasteiger partial charge in [-0.1, -0.05) is 48.6 Å². The van der Waals surface area contributed by atoms with Crippen molar-refractivity contribution >= 4 is 12.0 Å². The number of benzene rings is 2. The average molecular weight is 373 g/mol. The molecular weight excluding hydrogens is 350 g/mol. The van der Waals surface area contributed by atoms with E-state index in [2.05, 4.69) is 39.4 Å². The Kier molecular flexibility index (Phi) is 5.58. The van der Waals surface area contributed by atoms with E-state index in [1.807, 2.05) is 47.4 Å². The second-order valence-electron chi connectivity index (χ2n) is 6.83. The summed E-state index contributed by atoms with van der Waals surface area (Å²) in [6.45, 7) is 4.16. The number of piperazine rings is 1. The summed E-state index contributed by atoms with van der Waals surface area (Å²) in [6, 6.07) is 17.9. The number of hydrogen-bond donors (Lipinski definition) is 0. The van der Waals surface area contributed by atoms with Gasteiger partial charge in [-0.3, -0.25) is 14.3 Å². The van der Waals surface area contributed by atoms with E-state index in [9.17, 15) is 4.79 Å². The summed E-state index contributed by atoms with van der Waals surface area (Å²) in [4.78, 5) is 17.2. The van der Waals surface area contributed by atoms with Gasteiger partial charge < -0.3 is 4.90 Å². The van der Waals surface area contributed by atoms with Crippen molar-refractivity contribution < 1.29 is 4.79 Å². The molecule has 0 aliphatic carbocycles. The molecule has 28 heavy (non-hydrogen) atoms. The highest BCUT2D eigenvalue weighted by atomic mass is 16.2. The number of rotatable bonds is 5. The second-order valence-corrected chi connectivity index (χ2v) is 6.83. The molecule has 4 rings (SSSR count). The van der Waals surface area contributed by atoms with Crippen LogP contribution in [-0.4, -0.2) is 63.2 Å². The predicted octanol–water partition coefficient (Wildman–Crippen LogP) is 2.74. The van der Waals surface area contributed by atoms with Crippen LogP contribution in [0.15, 0.2) is 73.3 Å². The topological polar surface area (TPSA) is 54.3 Å². The van der Waals surface area contributed by atoms with E-state index in [-0.39, 0.29) is 5.91 Å². The highest BCUT2D eigenvalue weighted by Gasteiger charge is 2.21. The third kappa shape index (κ3) is 4.35. The SMILES string of the molecule is O=C(c1cccc(-n2cnnc2)c1)N1CCN(C/C=C/c2ccccc2)CC1. The lowest BCUT2D eigenvalue weighted by atomic mass is 10.1. The van der Waals surface area contributed by atoms with Crippen LogP contribution in [0.3, 0.4) is 0 Å². The van der Waals surface area contributed by atoms with Crippen molar-refractivity contribution in [3.05, 3.63) is 84.5 Å². The Labute approximate surface area is 164 Å². The van der Waals surface area contributed by atoms with E-state index in [0.29, 0.717) is 5.56 Å². The van der Waals surface area contributed by atoms with Gasteiger partial charge in [-0.25, -0.2) is 0 Å². The Morgan fingerprint density at radius 3 is 2.43 bits per heavy atom. The molecule has 0 spiro atoms. The highest BCUT2D eigenvalue weighted by Crippen LogP contribution is 2.14. The molecular formula is C22H23N5O. The summed E-state index contributed by atoms with van der Waals surface area (Å²) in [6.07, 6.45) is 7.60. The number of hydrogen-bond acceptors (Lipinski definition) is 4. The fraction of sp³-hybridized carbons (Fsp3) is 0.227. The molecule has 1 aliphatic rings. The normalized spacial score (nSPS) is 15.2. The molecule has 3 aromatic rings. The van der Waals surface area contributed by atoms with Gasteiger partial charge in [-0.2, -0.15) is 0 Å². The quantitative estimate of drug-likeness (QED) is 0.690. The minimum atomic E-state index is 0.0782. The maximum atomic E-state index is 12.9. The third-order valence-electron chi connectivity index (χ3n) is 4.94. The molecule has 2 heterocycles. The lowest BCUT2D eigenvalue weighted by molar-refractivity contribution is 0.0650. The van der Waals surface area contributed by atoms with Gasteiger partial charge in [0.1, 0.15) is 12.7 Å². The summed E-state index contributed by atoms with van der Waals surface area (Å²) >= 11 is 0. The van der Waals surface area contributed by atoms with Gasteiger partial charge in [0.15, 0.2) is 0 Å². The lowest BCUT2D eigenvalue weighted by Gasteiger charge is -2.34. The molecule has 1 aromatic heterocycles. The zero-order valence-corrected chi connectivity index (χ0v) is 15.7. The molecule has 1 amide bonds. The zero-order chi connectivity index (χ0) is 19.2. The minimum Gasteiger partial charge on any atom is -0.336 e. The van der Waals surface area contributed by atoms with E-state index in [1.54, 1.807) is 17.2 Å². The second kappa shape index (κ2) is 8.63. The van der Waals surface area contributed by atoms with Crippen molar-refractivity contribution in [2.45, 2.75) is 0 Å². The van der Waals surface area contributed by atoms with Crippen LogP contribution in [0.2, 0.25) is 0 Å². The van der Waals surface area contributed by atoms with Crippen LogP contribution < -0.4 is 0 Å². The molecule has 0 saturated carbocycles. The first-order chi connectivity index (χ1) is 13.8. The number of nitrogens with zero attached hydrogens (tertiary/aromatic N) is 5. The Morgan fingerprint density at radius 1 is 0.929 bits per heavy atom. The fourth-order valence-corrected chi connectivity index (χ4v) is 3.35. The van der Waals surface area contributed by atoms with Crippen LogP contribution >= 0.6 is 0 Å². The summed E-state index contributed by atoms with van der Waals surface area (Å²) in [5, 5.41) is 7.64. The van der Waals surface area contributed by atoms with Crippen LogP contribution in [0.5, 0.6) is 0 Å². The van der Waals surface area contributed by atoms with Crippen molar-refractivity contribution in [3.8, 4) is 5.69 Å². The van der Waals surface area contributed by atoms with E-state index in [0.717, 1.165) is 38.4 Å². The molecule has 6 heteroatoms. The van der Waals surface area contributed by atoms with E-state index < -0.39 is 0 Å². The van der Waals surface area contributed by atoms with Crippen molar-refractivity contribution in [3.63, 3.8) is 0 Å². The first-order valence-electron chi connectivity index (χ1n) is 9.48. The Morgan fingerprint density at radius 2 is 1.68 bits per heavy atom. The predicted molar refractivity (Wildman–Crippen MR) is 109 cm³/mol. The number of carbonyl (C=O) groups excluding carboxylic acids is 1. The Balaban J connectivity index is 1.32. The van der Waals surface area contributed by atoms with Gasteiger partial charge in [0.2, 0.25) is 0 Å². The molecule has 1 saturated heterocycles. The maximum Gasteiger partial charge on any atom is 0.254 e. The summed E-state index contributed by atoms with van der Waals surface area (Å²) < 4.78 is 1.80. The molecule has 2 aromatic carbocycles. The van der Waals surface area contributed by atoms with Crippen molar-refractivity contribution in [2.24, 2.45) is 0 Å². The molecule has 0 unspecified atom stereocenters. The van der Waals surface area contributed by atoms with Crippen LogP contribution in [0.25, 0.3) is 11.8 Å². The molecule has 0 radical (unpaired) electrons. The maximum absolute atomic E-state index is 12.9. The molecule has 6 nitrogen and oxygen atoms in total. The highest BCUT2D eigenvalue weighted by molar-refractivity contribution is 5.94. The Hall–Kier alpha value is -3.25. The molecule has 0 N–H and O–H groups in total. The van der Waals surface area contributed by atoms with Crippen LogP contribution in [-0.2, 0) is 0 Å². The summed E-state index contributed by atoms with van der Waals surface area (Å²) in [5.74, 6) is 0.0782. The lowest BCUT2D eigenvalue weighted by Crippen LogP contribution is -2.48. The van der Waals surface area contributed by atoms with Gasteiger partial charge >= 0.3 is 0 Å². The number of carbonyl (C=O) groups is 1. The van der Waals surface area contributed by atoms with E-state index >= 15 is 0 Å². The molecule has 1 aliphatic heterocycles. The van der Waals surface area contributed by atoms with Gasteiger partial charge in [0.05, 0.1) is 0 Å². The monoisotopic (exact) mass is 373 g/mol. The average Bonchev–Trinajstić information content (AvgIpc) is 3.30. The Bertz CT molecular complexity index is 929. The van der Waals surface area contributed by atoms with Gasteiger partial charge in [0, 0.05) is 44.0 Å². The van der Waals surface area contributed by atoms with E-state index in [1.165, 1.54) is 5.56 Å². The molecule has 0 atom stereocenters. The van der Waals surface area contributed by atoms with Gasteiger partial charge in [0.25, 0.3) is 5.91 Å².